The molecule has 6 heteroatoms. The summed E-state index contributed by atoms with van der Waals surface area (Å²) in [6.45, 7) is 11.2. The van der Waals surface area contributed by atoms with Crippen molar-refractivity contribution in [3.05, 3.63) is 75.6 Å². The molecule has 0 radical (unpaired) electrons. The molecule has 35 heavy (non-hydrogen) atoms. The van der Waals surface area contributed by atoms with Crippen LogP contribution in [0.3, 0.4) is 0 Å². The number of hydrogen-bond acceptors (Lipinski definition) is 4. The summed E-state index contributed by atoms with van der Waals surface area (Å²) in [6.07, 6.45) is 11.8. The van der Waals surface area contributed by atoms with Gasteiger partial charge in [-0.25, -0.2) is 4.79 Å². The van der Waals surface area contributed by atoms with Crippen LogP contribution in [-0.4, -0.2) is 26.0 Å². The van der Waals surface area contributed by atoms with Crippen molar-refractivity contribution >= 4 is 30.0 Å². The van der Waals surface area contributed by atoms with Crippen molar-refractivity contribution in [3.63, 3.8) is 0 Å². The summed E-state index contributed by atoms with van der Waals surface area (Å²) < 4.78 is 5.36. The Morgan fingerprint density at radius 3 is 2.80 bits per heavy atom. The Hall–Kier alpha value is -2.79. The van der Waals surface area contributed by atoms with Gasteiger partial charge in [-0.2, -0.15) is 0 Å². The van der Waals surface area contributed by atoms with E-state index >= 15 is 0 Å². The van der Waals surface area contributed by atoms with Gasteiger partial charge >= 0.3 is 6.09 Å². The number of benzene rings is 1. The van der Waals surface area contributed by atoms with E-state index in [1.807, 2.05) is 13.3 Å². The van der Waals surface area contributed by atoms with E-state index in [2.05, 4.69) is 73.3 Å². The molecule has 0 fully saturated rings. The Balaban J connectivity index is 1.32. The molecule has 2 atom stereocenters. The molecule has 2 aliphatic rings. The monoisotopic (exact) mass is 495 g/mol. The number of allylic oxidation sites excluding steroid dienone is 4. The lowest BCUT2D eigenvalue weighted by Crippen LogP contribution is -2.24. The summed E-state index contributed by atoms with van der Waals surface area (Å²) in [6, 6.07) is 6.43. The first-order valence-corrected chi connectivity index (χ1v) is 12.9. The lowest BCUT2D eigenvalue weighted by Gasteiger charge is -2.15. The second kappa shape index (κ2) is 12.8. The molecule has 5 nitrogen and oxygen atoms in total. The number of amides is 1. The van der Waals surface area contributed by atoms with Gasteiger partial charge in [-0.3, -0.25) is 4.99 Å². The molecule has 0 spiro atoms. The van der Waals surface area contributed by atoms with E-state index < -0.39 is 0 Å². The molecule has 2 N–H and O–H groups in total. The van der Waals surface area contributed by atoms with E-state index in [0.29, 0.717) is 35.9 Å². The van der Waals surface area contributed by atoms with Gasteiger partial charge < -0.3 is 15.4 Å². The van der Waals surface area contributed by atoms with Gasteiger partial charge in [0.05, 0.1) is 18.0 Å². The van der Waals surface area contributed by atoms with Crippen LogP contribution >= 0.6 is 11.6 Å². The minimum Gasteiger partial charge on any atom is -0.450 e. The number of nitrogens with zero attached hydrogens (tertiary/aromatic N) is 1. The van der Waals surface area contributed by atoms with Crippen LogP contribution in [0.15, 0.2) is 63.9 Å². The molecule has 2 unspecified atom stereocenters. The highest BCUT2D eigenvalue weighted by atomic mass is 35.5. The number of carbonyl (C=O) groups is 1. The third-order valence-electron chi connectivity index (χ3n) is 6.68. The third kappa shape index (κ3) is 7.35. The molecule has 0 aromatic heterocycles. The van der Waals surface area contributed by atoms with Crippen LogP contribution < -0.4 is 10.6 Å². The number of unbranched alkanes of at least 4 members (excludes halogenated alkanes) is 2. The molecule has 1 aliphatic carbocycles. The normalized spacial score (nSPS) is 18.9. The number of nitrogens with one attached hydrogen (secondary N) is 2. The van der Waals surface area contributed by atoms with Crippen molar-refractivity contribution in [1.29, 1.82) is 0 Å². The number of ether oxygens (including phenoxy) is 1. The lowest BCUT2D eigenvalue weighted by atomic mass is 9.90. The van der Waals surface area contributed by atoms with Gasteiger partial charge in [0.2, 0.25) is 0 Å². The van der Waals surface area contributed by atoms with Gasteiger partial charge in [-0.15, -0.1) is 0 Å². The fourth-order valence-corrected chi connectivity index (χ4v) is 4.76. The number of alkyl carbamates (subject to hydrolysis) is 1. The highest BCUT2D eigenvalue weighted by molar-refractivity contribution is 6.30. The average molecular weight is 496 g/mol. The van der Waals surface area contributed by atoms with Crippen LogP contribution in [0.4, 0.5) is 4.79 Å². The SMILES string of the molecule is C=C(Cl)/C=C(/NC)C1=C(C)C(CCCCCOC(=O)NCc2ccc3c(c2)C=CC3C(C)C)C=N1. The summed E-state index contributed by atoms with van der Waals surface area (Å²) in [4.78, 5) is 16.7. The Morgan fingerprint density at radius 1 is 1.29 bits per heavy atom. The molecule has 1 heterocycles. The van der Waals surface area contributed by atoms with Crippen LogP contribution in [0.5, 0.6) is 0 Å². The number of rotatable bonds is 12. The fourth-order valence-electron chi connectivity index (χ4n) is 4.65. The molecule has 188 valence electrons. The standard InChI is InChI=1S/C29H38ClN3O2/c1-19(2)25-13-11-23-16-22(10-12-26(23)25)17-33-29(34)35-14-8-6-7-9-24-18-32-28(21(24)4)27(31-5)15-20(3)30/h10-13,15-16,18-19,24-25,31H,3,6-9,14,17H2,1-2,4-5H3,(H,33,34)/b27-15+. The van der Waals surface area contributed by atoms with Crippen molar-refractivity contribution in [2.75, 3.05) is 13.7 Å². The summed E-state index contributed by atoms with van der Waals surface area (Å²) in [5.74, 6) is 1.40. The van der Waals surface area contributed by atoms with Crippen LogP contribution in [0.1, 0.15) is 69.1 Å². The number of aliphatic imine (C=N–C) groups is 1. The maximum absolute atomic E-state index is 12.1. The first-order chi connectivity index (χ1) is 16.8. The summed E-state index contributed by atoms with van der Waals surface area (Å²) in [5, 5.41) is 6.48. The Morgan fingerprint density at radius 2 is 2.09 bits per heavy atom. The second-order valence-electron chi connectivity index (χ2n) is 9.60. The minimum absolute atomic E-state index is 0.326. The first-order valence-electron chi connectivity index (χ1n) is 12.5. The molecule has 1 aliphatic heterocycles. The predicted molar refractivity (Wildman–Crippen MR) is 147 cm³/mol. The van der Waals surface area contributed by atoms with E-state index in [4.69, 9.17) is 16.3 Å². The summed E-state index contributed by atoms with van der Waals surface area (Å²) in [7, 11) is 1.86. The highest BCUT2D eigenvalue weighted by Crippen LogP contribution is 2.35. The molecule has 0 saturated carbocycles. The maximum Gasteiger partial charge on any atom is 0.407 e. The van der Waals surface area contributed by atoms with Crippen molar-refractivity contribution in [2.45, 2.75) is 58.9 Å². The molecule has 1 aromatic carbocycles. The van der Waals surface area contributed by atoms with Crippen LogP contribution in [0.25, 0.3) is 6.08 Å². The number of fused-ring (bicyclic) bond motifs is 1. The fraction of sp³-hybridized carbons (Fsp3) is 0.448. The number of likely N-dealkylation sites (N-methyl/N-ethyl adjacent to an activating group) is 1. The second-order valence-corrected chi connectivity index (χ2v) is 10.1. The van der Waals surface area contributed by atoms with Crippen LogP contribution in [-0.2, 0) is 11.3 Å². The molecular formula is C29H38ClN3O2. The molecule has 3 rings (SSSR count). The highest BCUT2D eigenvalue weighted by Gasteiger charge is 2.21. The first kappa shape index (κ1) is 26.8. The number of halogens is 1. The summed E-state index contributed by atoms with van der Waals surface area (Å²) >= 11 is 5.93. The van der Waals surface area contributed by atoms with Crippen molar-refractivity contribution in [3.8, 4) is 0 Å². The molecule has 0 bridgehead atoms. The van der Waals surface area contributed by atoms with E-state index in [0.717, 1.165) is 42.6 Å². The number of hydrogen-bond donors (Lipinski definition) is 2. The zero-order chi connectivity index (χ0) is 25.4. The van der Waals surface area contributed by atoms with E-state index in [1.54, 1.807) is 6.08 Å². The molecule has 1 aromatic rings. The molecule has 0 saturated heterocycles. The third-order valence-corrected chi connectivity index (χ3v) is 6.79. The summed E-state index contributed by atoms with van der Waals surface area (Å²) in [5.41, 5.74) is 6.78. The van der Waals surface area contributed by atoms with E-state index in [1.165, 1.54) is 16.7 Å². The van der Waals surface area contributed by atoms with Gasteiger partial charge in [-0.05, 0) is 60.1 Å². The van der Waals surface area contributed by atoms with E-state index in [-0.39, 0.29) is 6.09 Å². The number of carbonyl (C=O) groups excluding carboxylic acids is 1. The quantitative estimate of drug-likeness (QED) is 0.241. The maximum atomic E-state index is 12.1. The zero-order valence-corrected chi connectivity index (χ0v) is 22.1. The topological polar surface area (TPSA) is 62.7 Å². The van der Waals surface area contributed by atoms with Gasteiger partial charge in [0.1, 0.15) is 0 Å². The van der Waals surface area contributed by atoms with Gasteiger partial charge in [0.25, 0.3) is 0 Å². The van der Waals surface area contributed by atoms with Gasteiger partial charge in [0, 0.05) is 36.7 Å². The van der Waals surface area contributed by atoms with Crippen molar-refractivity contribution in [2.24, 2.45) is 16.8 Å². The Kier molecular flexibility index (Phi) is 9.79. The predicted octanol–water partition coefficient (Wildman–Crippen LogP) is 7.07. The molecular weight excluding hydrogens is 458 g/mol. The Labute approximate surface area is 215 Å². The Bertz CT molecular complexity index is 1050. The van der Waals surface area contributed by atoms with Gasteiger partial charge in [-0.1, -0.05) is 69.2 Å². The average Bonchev–Trinajstić information content (AvgIpc) is 3.41. The molecule has 1 amide bonds. The lowest BCUT2D eigenvalue weighted by molar-refractivity contribution is 0.143. The van der Waals surface area contributed by atoms with Crippen molar-refractivity contribution < 1.29 is 9.53 Å². The van der Waals surface area contributed by atoms with Crippen molar-refractivity contribution in [1.82, 2.24) is 10.6 Å². The van der Waals surface area contributed by atoms with Gasteiger partial charge in [0.15, 0.2) is 0 Å². The minimum atomic E-state index is -0.361. The van der Waals surface area contributed by atoms with Crippen LogP contribution in [0, 0.1) is 11.8 Å². The smallest absolute Gasteiger partial charge is 0.407 e. The van der Waals surface area contributed by atoms with Crippen LogP contribution in [0.2, 0.25) is 0 Å². The largest absolute Gasteiger partial charge is 0.450 e. The zero-order valence-electron chi connectivity index (χ0n) is 21.4. The van der Waals surface area contributed by atoms with E-state index in [9.17, 15) is 4.79 Å².